The van der Waals surface area contributed by atoms with Crippen LogP contribution < -0.4 is 14.8 Å². The second-order valence-electron chi connectivity index (χ2n) is 8.65. The molecule has 1 unspecified atom stereocenters. The van der Waals surface area contributed by atoms with E-state index in [1.807, 2.05) is 42.5 Å². The fourth-order valence-electron chi connectivity index (χ4n) is 4.20. The van der Waals surface area contributed by atoms with E-state index < -0.39 is 0 Å². The monoisotopic (exact) mass is 506 g/mol. The molecule has 0 aliphatic carbocycles. The molecule has 190 valence electrons. The molecule has 1 aromatic heterocycles. The summed E-state index contributed by atoms with van der Waals surface area (Å²) < 4.78 is 10.8. The highest BCUT2D eigenvalue weighted by atomic mass is 16.5. The van der Waals surface area contributed by atoms with Gasteiger partial charge >= 0.3 is 0 Å². The maximum absolute atomic E-state index is 13.3. The van der Waals surface area contributed by atoms with Gasteiger partial charge in [-0.3, -0.25) is 14.6 Å². The Hall–Kier alpha value is -4.98. The SMILES string of the molecule is COc1ccc(NC(=O)COc2ccc(C3=NN(C(=O)c4ccncc4)C(c4ccccc4)C3)cc2)cc1. The minimum absolute atomic E-state index is 0.128. The normalized spacial score (nSPS) is 14.5. The third-order valence-electron chi connectivity index (χ3n) is 6.16. The van der Waals surface area contributed by atoms with Crippen molar-refractivity contribution in [2.24, 2.45) is 5.10 Å². The maximum Gasteiger partial charge on any atom is 0.274 e. The molecule has 2 amide bonds. The molecule has 0 spiro atoms. The summed E-state index contributed by atoms with van der Waals surface area (Å²) in [6.45, 7) is -0.128. The summed E-state index contributed by atoms with van der Waals surface area (Å²) in [4.78, 5) is 29.6. The number of amides is 2. The Bertz CT molecular complexity index is 1420. The third-order valence-corrected chi connectivity index (χ3v) is 6.16. The number of anilines is 1. The number of nitrogens with one attached hydrogen (secondary N) is 1. The van der Waals surface area contributed by atoms with Gasteiger partial charge < -0.3 is 14.8 Å². The zero-order chi connectivity index (χ0) is 26.3. The van der Waals surface area contributed by atoms with E-state index >= 15 is 0 Å². The van der Waals surface area contributed by atoms with Gasteiger partial charge in [0.25, 0.3) is 11.8 Å². The summed E-state index contributed by atoms with van der Waals surface area (Å²) in [5.74, 6) is 0.821. The van der Waals surface area contributed by atoms with Crippen LogP contribution in [0.4, 0.5) is 5.69 Å². The number of carbonyl (C=O) groups is 2. The van der Waals surface area contributed by atoms with Crippen LogP contribution in [-0.4, -0.2) is 41.2 Å². The molecule has 8 heteroatoms. The molecule has 1 aliphatic rings. The lowest BCUT2D eigenvalue weighted by molar-refractivity contribution is -0.118. The van der Waals surface area contributed by atoms with Gasteiger partial charge in [-0.25, -0.2) is 5.01 Å². The van der Waals surface area contributed by atoms with Crippen molar-refractivity contribution >= 4 is 23.2 Å². The van der Waals surface area contributed by atoms with Gasteiger partial charge in [-0.05, 0) is 71.8 Å². The molecule has 0 fully saturated rings. The number of methoxy groups -OCH3 is 1. The minimum Gasteiger partial charge on any atom is -0.497 e. The van der Waals surface area contributed by atoms with E-state index in [2.05, 4.69) is 10.3 Å². The maximum atomic E-state index is 13.3. The Morgan fingerprint density at radius 1 is 0.895 bits per heavy atom. The molecular weight excluding hydrogens is 480 g/mol. The zero-order valence-electron chi connectivity index (χ0n) is 20.8. The van der Waals surface area contributed by atoms with Gasteiger partial charge in [-0.15, -0.1) is 0 Å². The number of benzene rings is 3. The van der Waals surface area contributed by atoms with Crippen molar-refractivity contribution < 1.29 is 19.1 Å². The van der Waals surface area contributed by atoms with Gasteiger partial charge in [0.15, 0.2) is 6.61 Å². The van der Waals surface area contributed by atoms with Gasteiger partial charge in [-0.2, -0.15) is 5.10 Å². The number of aromatic nitrogens is 1. The summed E-state index contributed by atoms with van der Waals surface area (Å²) >= 11 is 0. The van der Waals surface area contributed by atoms with Crippen LogP contribution in [0.15, 0.2) is 108 Å². The standard InChI is InChI=1S/C30H26N4O4/c1-37-25-13-9-24(10-14-25)32-29(35)20-38-26-11-7-21(8-12-26)27-19-28(22-5-3-2-4-6-22)34(33-27)30(36)23-15-17-31-18-16-23/h2-18,28H,19-20H2,1H3,(H,32,35). The lowest BCUT2D eigenvalue weighted by Gasteiger charge is -2.22. The average Bonchev–Trinajstić information content (AvgIpc) is 3.43. The largest absolute Gasteiger partial charge is 0.497 e. The predicted molar refractivity (Wildman–Crippen MR) is 144 cm³/mol. The second-order valence-corrected chi connectivity index (χ2v) is 8.65. The Morgan fingerprint density at radius 3 is 2.26 bits per heavy atom. The van der Waals surface area contributed by atoms with Crippen LogP contribution in [0.3, 0.4) is 0 Å². The number of hydrogen-bond donors (Lipinski definition) is 1. The van der Waals surface area contributed by atoms with Crippen molar-refractivity contribution in [2.45, 2.75) is 12.5 Å². The van der Waals surface area contributed by atoms with Crippen LogP contribution in [-0.2, 0) is 4.79 Å². The number of nitrogens with zero attached hydrogens (tertiary/aromatic N) is 3. The highest BCUT2D eigenvalue weighted by molar-refractivity contribution is 6.05. The molecule has 1 aliphatic heterocycles. The van der Waals surface area contributed by atoms with E-state index in [1.54, 1.807) is 73.0 Å². The first-order valence-electron chi connectivity index (χ1n) is 12.1. The van der Waals surface area contributed by atoms with Gasteiger partial charge in [0.2, 0.25) is 0 Å². The number of pyridine rings is 1. The van der Waals surface area contributed by atoms with Gasteiger partial charge in [0, 0.05) is 30.1 Å². The minimum atomic E-state index is -0.268. The number of hydrazone groups is 1. The molecular formula is C30H26N4O4. The number of ether oxygens (including phenoxy) is 2. The molecule has 0 bridgehead atoms. The quantitative estimate of drug-likeness (QED) is 0.359. The first kappa shape index (κ1) is 24.7. The summed E-state index contributed by atoms with van der Waals surface area (Å²) in [6.07, 6.45) is 3.77. The Balaban J connectivity index is 1.26. The molecule has 5 rings (SSSR count). The van der Waals surface area contributed by atoms with Crippen LogP contribution in [0, 0.1) is 0 Å². The van der Waals surface area contributed by atoms with E-state index in [0.717, 1.165) is 16.8 Å². The lowest BCUT2D eigenvalue weighted by Crippen LogP contribution is -2.27. The Kier molecular flexibility index (Phi) is 7.40. The zero-order valence-corrected chi connectivity index (χ0v) is 20.8. The first-order valence-corrected chi connectivity index (χ1v) is 12.1. The fourth-order valence-corrected chi connectivity index (χ4v) is 4.20. The van der Waals surface area contributed by atoms with Gasteiger partial charge in [0.1, 0.15) is 11.5 Å². The van der Waals surface area contributed by atoms with E-state index in [9.17, 15) is 9.59 Å². The van der Waals surface area contributed by atoms with Crippen molar-refractivity contribution in [1.29, 1.82) is 0 Å². The number of rotatable bonds is 8. The molecule has 4 aromatic rings. The predicted octanol–water partition coefficient (Wildman–Crippen LogP) is 5.10. The van der Waals surface area contributed by atoms with Gasteiger partial charge in [0.05, 0.1) is 18.9 Å². The molecule has 3 aromatic carbocycles. The fraction of sp³-hybridized carbons (Fsp3) is 0.133. The molecule has 0 radical (unpaired) electrons. The first-order chi connectivity index (χ1) is 18.6. The van der Waals surface area contributed by atoms with Crippen molar-refractivity contribution in [3.8, 4) is 11.5 Å². The Morgan fingerprint density at radius 2 is 1.58 bits per heavy atom. The summed E-state index contributed by atoms with van der Waals surface area (Å²) in [6, 6.07) is 27.5. The molecule has 8 nitrogen and oxygen atoms in total. The summed E-state index contributed by atoms with van der Waals surface area (Å²) in [7, 11) is 1.59. The summed E-state index contributed by atoms with van der Waals surface area (Å²) in [5.41, 5.74) is 3.88. The molecule has 0 saturated carbocycles. The third kappa shape index (κ3) is 5.70. The second kappa shape index (κ2) is 11.4. The van der Waals surface area contributed by atoms with Gasteiger partial charge in [-0.1, -0.05) is 30.3 Å². The van der Waals surface area contributed by atoms with E-state index in [1.165, 1.54) is 0 Å². The average molecular weight is 507 g/mol. The van der Waals surface area contributed by atoms with E-state index in [4.69, 9.17) is 14.6 Å². The smallest absolute Gasteiger partial charge is 0.274 e. The van der Waals surface area contributed by atoms with Crippen molar-refractivity contribution in [3.63, 3.8) is 0 Å². The van der Waals surface area contributed by atoms with Crippen LogP contribution in [0.2, 0.25) is 0 Å². The van der Waals surface area contributed by atoms with Crippen LogP contribution >= 0.6 is 0 Å². The van der Waals surface area contributed by atoms with E-state index in [0.29, 0.717) is 29.2 Å². The molecule has 1 N–H and O–H groups in total. The molecule has 2 heterocycles. The number of carbonyl (C=O) groups excluding carboxylic acids is 2. The van der Waals surface area contributed by atoms with Crippen molar-refractivity contribution in [1.82, 2.24) is 9.99 Å². The van der Waals surface area contributed by atoms with Crippen molar-refractivity contribution in [3.05, 3.63) is 120 Å². The lowest BCUT2D eigenvalue weighted by atomic mass is 9.98. The Labute approximate surface area is 220 Å². The van der Waals surface area contributed by atoms with Crippen LogP contribution in [0.25, 0.3) is 0 Å². The highest BCUT2D eigenvalue weighted by Crippen LogP contribution is 2.34. The molecule has 1 atom stereocenters. The van der Waals surface area contributed by atoms with E-state index in [-0.39, 0.29) is 24.5 Å². The highest BCUT2D eigenvalue weighted by Gasteiger charge is 2.33. The van der Waals surface area contributed by atoms with Crippen molar-refractivity contribution in [2.75, 3.05) is 19.0 Å². The van der Waals surface area contributed by atoms with Crippen LogP contribution in [0.1, 0.15) is 33.9 Å². The molecule has 0 saturated heterocycles. The van der Waals surface area contributed by atoms with Crippen LogP contribution in [0.5, 0.6) is 11.5 Å². The topological polar surface area (TPSA) is 93.1 Å². The molecule has 38 heavy (non-hydrogen) atoms. The summed E-state index contributed by atoms with van der Waals surface area (Å²) in [5, 5.41) is 9.06. The number of hydrogen-bond acceptors (Lipinski definition) is 6.